The molecule has 0 bridgehead atoms. The zero-order chi connectivity index (χ0) is 27.6. The molecule has 3 amide bonds. The Kier molecular flexibility index (Phi) is 9.44. The van der Waals surface area contributed by atoms with Gasteiger partial charge in [-0.1, -0.05) is 40.9 Å². The van der Waals surface area contributed by atoms with E-state index >= 15 is 0 Å². The molecule has 6 nitrogen and oxygen atoms in total. The highest BCUT2D eigenvalue weighted by Crippen LogP contribution is 2.38. The Morgan fingerprint density at radius 2 is 1.74 bits per heavy atom. The Morgan fingerprint density at radius 1 is 1.03 bits per heavy atom. The molecule has 196 valence electrons. The standard InChI is InChI=1S/C25H14Br2Cl3FN2O4S/c26-16-5-12(6-17(27)23(16)37-11-13-1-2-14(28)8-18(13)29)7-21-24(35)33(25(36)38-21)10-22(34)32-15-3-4-20(31)19(30)9-15/h1-9H,10-11H2,(H,32,34)/b21-7+. The minimum Gasteiger partial charge on any atom is -0.486 e. The number of carbonyl (C=O) groups is 3. The van der Waals surface area contributed by atoms with E-state index in [1.807, 2.05) is 0 Å². The highest BCUT2D eigenvalue weighted by Gasteiger charge is 2.36. The fourth-order valence-electron chi connectivity index (χ4n) is 3.30. The first-order valence-electron chi connectivity index (χ1n) is 10.6. The van der Waals surface area contributed by atoms with Gasteiger partial charge in [0.2, 0.25) is 5.91 Å². The summed E-state index contributed by atoms with van der Waals surface area (Å²) in [6.45, 7) is -0.317. The fourth-order valence-corrected chi connectivity index (χ4v) is 6.23. The molecule has 1 saturated heterocycles. The molecule has 38 heavy (non-hydrogen) atoms. The van der Waals surface area contributed by atoms with E-state index in [1.54, 1.807) is 30.3 Å². The summed E-state index contributed by atoms with van der Waals surface area (Å²) in [6, 6.07) is 12.2. The predicted octanol–water partition coefficient (Wildman–Crippen LogP) is 8.56. The van der Waals surface area contributed by atoms with Gasteiger partial charge in [0.25, 0.3) is 11.1 Å². The van der Waals surface area contributed by atoms with E-state index in [-0.39, 0.29) is 22.2 Å². The van der Waals surface area contributed by atoms with E-state index in [1.165, 1.54) is 18.2 Å². The number of imide groups is 1. The van der Waals surface area contributed by atoms with Crippen LogP contribution in [-0.4, -0.2) is 28.5 Å². The minimum atomic E-state index is -0.635. The van der Waals surface area contributed by atoms with Crippen LogP contribution in [0, 0.1) is 5.82 Å². The van der Waals surface area contributed by atoms with E-state index < -0.39 is 29.4 Å². The fraction of sp³-hybridized carbons (Fsp3) is 0.0800. The van der Waals surface area contributed by atoms with Crippen LogP contribution in [0.5, 0.6) is 5.75 Å². The van der Waals surface area contributed by atoms with Crippen LogP contribution in [0.3, 0.4) is 0 Å². The maximum atomic E-state index is 13.3. The third-order valence-corrected chi connectivity index (χ3v) is 8.05. The zero-order valence-corrected chi connectivity index (χ0v) is 25.1. The molecular weight excluding hydrogens is 710 g/mol. The molecule has 0 unspecified atom stereocenters. The number of rotatable bonds is 7. The second-order valence-corrected chi connectivity index (χ2v) is 11.7. The molecule has 0 radical (unpaired) electrons. The number of nitrogens with zero attached hydrogens (tertiary/aromatic N) is 1. The summed E-state index contributed by atoms with van der Waals surface area (Å²) in [5.41, 5.74) is 1.59. The highest BCUT2D eigenvalue weighted by atomic mass is 79.9. The van der Waals surface area contributed by atoms with E-state index in [9.17, 15) is 18.8 Å². The molecule has 0 spiro atoms. The monoisotopic (exact) mass is 720 g/mol. The van der Waals surface area contributed by atoms with Gasteiger partial charge in [0, 0.05) is 21.3 Å². The number of anilines is 1. The summed E-state index contributed by atoms with van der Waals surface area (Å²) in [5.74, 6) is -1.37. The van der Waals surface area contributed by atoms with Crippen LogP contribution < -0.4 is 10.1 Å². The van der Waals surface area contributed by atoms with Gasteiger partial charge in [0.05, 0.1) is 18.9 Å². The van der Waals surface area contributed by atoms with E-state index in [4.69, 9.17) is 39.5 Å². The number of halogens is 6. The van der Waals surface area contributed by atoms with Crippen LogP contribution in [-0.2, 0) is 16.2 Å². The number of nitrogens with one attached hydrogen (secondary N) is 1. The Morgan fingerprint density at radius 3 is 2.39 bits per heavy atom. The van der Waals surface area contributed by atoms with E-state index in [0.29, 0.717) is 42.1 Å². The van der Waals surface area contributed by atoms with Crippen LogP contribution in [0.2, 0.25) is 15.1 Å². The van der Waals surface area contributed by atoms with Crippen molar-refractivity contribution in [3.63, 3.8) is 0 Å². The molecule has 3 aromatic rings. The van der Waals surface area contributed by atoms with Gasteiger partial charge in [0.15, 0.2) is 0 Å². The Balaban J connectivity index is 1.44. The summed E-state index contributed by atoms with van der Waals surface area (Å²) in [7, 11) is 0. The molecule has 1 N–H and O–H groups in total. The van der Waals surface area contributed by atoms with Gasteiger partial charge in [-0.3, -0.25) is 19.3 Å². The van der Waals surface area contributed by atoms with Crippen molar-refractivity contribution in [2.45, 2.75) is 6.61 Å². The van der Waals surface area contributed by atoms with E-state index in [2.05, 4.69) is 37.2 Å². The second kappa shape index (κ2) is 12.4. The van der Waals surface area contributed by atoms with Crippen LogP contribution >= 0.6 is 78.4 Å². The molecule has 1 heterocycles. The average molecular weight is 724 g/mol. The molecule has 1 aliphatic heterocycles. The van der Waals surface area contributed by atoms with Gasteiger partial charge in [-0.25, -0.2) is 4.39 Å². The summed E-state index contributed by atoms with van der Waals surface area (Å²) >= 11 is 25.5. The largest absolute Gasteiger partial charge is 0.486 e. The SMILES string of the molecule is O=C(CN1C(=O)S/C(=C/c2cc(Br)c(OCc3ccc(Cl)cc3Cl)c(Br)c2)C1=O)Nc1ccc(F)c(Cl)c1. The van der Waals surface area contributed by atoms with Gasteiger partial charge in [-0.05, 0) is 97.7 Å². The number of thioether (sulfide) groups is 1. The quantitative estimate of drug-likeness (QED) is 0.248. The van der Waals surface area contributed by atoms with Gasteiger partial charge in [-0.15, -0.1) is 0 Å². The van der Waals surface area contributed by atoms with Crippen LogP contribution in [0.1, 0.15) is 11.1 Å². The van der Waals surface area contributed by atoms with Crippen molar-refractivity contribution in [2.75, 3.05) is 11.9 Å². The first kappa shape index (κ1) is 28.9. The summed E-state index contributed by atoms with van der Waals surface area (Å²) in [5, 5.41) is 2.73. The molecule has 0 atom stereocenters. The molecule has 4 rings (SSSR count). The predicted molar refractivity (Wildman–Crippen MR) is 155 cm³/mol. The number of benzene rings is 3. The smallest absolute Gasteiger partial charge is 0.294 e. The molecule has 0 aromatic heterocycles. The minimum absolute atomic E-state index is 0.146. The zero-order valence-electron chi connectivity index (χ0n) is 18.9. The van der Waals surface area contributed by atoms with Crippen molar-refractivity contribution in [1.29, 1.82) is 0 Å². The summed E-state index contributed by atoms with van der Waals surface area (Å²) < 4.78 is 20.4. The number of hydrogen-bond donors (Lipinski definition) is 1. The van der Waals surface area contributed by atoms with Gasteiger partial charge in [-0.2, -0.15) is 0 Å². The lowest BCUT2D eigenvalue weighted by atomic mass is 10.2. The molecule has 13 heteroatoms. The molecular formula is C25H14Br2Cl3FN2O4S. The topological polar surface area (TPSA) is 75.7 Å². The molecule has 1 fully saturated rings. The molecule has 0 aliphatic carbocycles. The Hall–Kier alpha value is -2.08. The normalized spacial score (nSPS) is 14.4. The number of carbonyl (C=O) groups excluding carboxylic acids is 3. The highest BCUT2D eigenvalue weighted by molar-refractivity contribution is 9.11. The first-order valence-corrected chi connectivity index (χ1v) is 14.1. The van der Waals surface area contributed by atoms with Crippen molar-refractivity contribution in [2.24, 2.45) is 0 Å². The van der Waals surface area contributed by atoms with E-state index in [0.717, 1.165) is 16.5 Å². The number of ether oxygens (including phenoxy) is 1. The molecule has 1 aliphatic rings. The third kappa shape index (κ3) is 6.91. The lowest BCUT2D eigenvalue weighted by molar-refractivity contribution is -0.127. The van der Waals surface area contributed by atoms with Crippen molar-refractivity contribution >= 4 is 107 Å². The summed E-state index contributed by atoms with van der Waals surface area (Å²) in [6.07, 6.45) is 1.54. The first-order chi connectivity index (χ1) is 18.0. The second-order valence-electron chi connectivity index (χ2n) is 7.78. The number of amides is 3. The maximum Gasteiger partial charge on any atom is 0.294 e. The van der Waals surface area contributed by atoms with Crippen LogP contribution in [0.4, 0.5) is 14.9 Å². The lowest BCUT2D eigenvalue weighted by Crippen LogP contribution is -2.36. The molecule has 3 aromatic carbocycles. The van der Waals surface area contributed by atoms with Gasteiger partial charge >= 0.3 is 0 Å². The lowest BCUT2D eigenvalue weighted by Gasteiger charge is -2.13. The average Bonchev–Trinajstić information content (AvgIpc) is 3.09. The number of hydrogen-bond acceptors (Lipinski definition) is 5. The van der Waals surface area contributed by atoms with Crippen molar-refractivity contribution in [3.8, 4) is 5.75 Å². The maximum absolute atomic E-state index is 13.3. The van der Waals surface area contributed by atoms with Crippen molar-refractivity contribution < 1.29 is 23.5 Å². The van der Waals surface area contributed by atoms with Gasteiger partial charge < -0.3 is 10.1 Å². The van der Waals surface area contributed by atoms with Crippen molar-refractivity contribution in [1.82, 2.24) is 4.90 Å². The Bertz CT molecular complexity index is 1480. The third-order valence-electron chi connectivity index (χ3n) is 5.08. The Labute approximate surface area is 252 Å². The summed E-state index contributed by atoms with van der Waals surface area (Å²) in [4.78, 5) is 38.7. The van der Waals surface area contributed by atoms with Crippen LogP contribution in [0.15, 0.2) is 62.4 Å². The van der Waals surface area contributed by atoms with Crippen molar-refractivity contribution in [3.05, 3.63) is 94.4 Å². The van der Waals surface area contributed by atoms with Crippen LogP contribution in [0.25, 0.3) is 6.08 Å². The molecule has 0 saturated carbocycles. The van der Waals surface area contributed by atoms with Gasteiger partial charge in [0.1, 0.15) is 24.7 Å².